The zero-order chi connectivity index (χ0) is 25.6. The minimum Gasteiger partial charge on any atom is -0.237 e. The molecule has 2 unspecified atom stereocenters. The van der Waals surface area contributed by atoms with Gasteiger partial charge < -0.3 is 0 Å². The van der Waals surface area contributed by atoms with Crippen LogP contribution in [0.5, 0.6) is 0 Å². The third kappa shape index (κ3) is 9.61. The summed E-state index contributed by atoms with van der Waals surface area (Å²) >= 11 is 0. The highest BCUT2D eigenvalue weighted by molar-refractivity contribution is 5.23. The summed E-state index contributed by atoms with van der Waals surface area (Å²) in [5.41, 5.74) is 3.22. The maximum absolute atomic E-state index is 2.96. The molecule has 0 amide bonds. The van der Waals surface area contributed by atoms with Gasteiger partial charge in [-0.05, 0) is 58.3 Å². The van der Waals surface area contributed by atoms with Crippen LogP contribution in [0.4, 0.5) is 0 Å². The van der Waals surface area contributed by atoms with Crippen molar-refractivity contribution < 1.29 is 0 Å². The Bertz CT molecular complexity index is 624. The van der Waals surface area contributed by atoms with E-state index in [0.717, 1.165) is 18.4 Å². The molecule has 1 aliphatic heterocycles. The van der Waals surface area contributed by atoms with Gasteiger partial charge in [-0.25, -0.2) is 10.0 Å². The molecule has 2 nitrogen and oxygen atoms in total. The predicted octanol–water partition coefficient (Wildman–Crippen LogP) is 10.4. The monoisotopic (exact) mass is 498 g/mol. The van der Waals surface area contributed by atoms with Crippen molar-refractivity contribution in [3.63, 3.8) is 0 Å². The molecule has 1 heterocycles. The lowest BCUT2D eigenvalue weighted by molar-refractivity contribution is -0.114. The molecule has 0 bridgehead atoms. The van der Waals surface area contributed by atoms with Gasteiger partial charge in [0.05, 0.1) is 0 Å². The molecule has 0 aromatic heterocycles. The first kappa shape index (κ1) is 29.9. The smallest absolute Gasteiger partial charge is 0.0484 e. The van der Waals surface area contributed by atoms with Gasteiger partial charge >= 0.3 is 0 Å². The Morgan fingerprint density at radius 3 is 1.69 bits per heavy atom. The summed E-state index contributed by atoms with van der Waals surface area (Å²) in [6.07, 6.45) is 36.4. The molecule has 208 valence electrons. The molecule has 2 heteroatoms. The molecule has 2 fully saturated rings. The van der Waals surface area contributed by atoms with Crippen molar-refractivity contribution in [2.45, 2.75) is 180 Å². The van der Waals surface area contributed by atoms with E-state index in [-0.39, 0.29) is 0 Å². The Kier molecular flexibility index (Phi) is 14.2. The Morgan fingerprint density at radius 1 is 0.750 bits per heavy atom. The summed E-state index contributed by atoms with van der Waals surface area (Å²) in [7, 11) is 2.51. The third-order valence-corrected chi connectivity index (χ3v) is 9.52. The molecule has 0 spiro atoms. The Morgan fingerprint density at radius 2 is 1.22 bits per heavy atom. The number of rotatable bonds is 6. The summed E-state index contributed by atoms with van der Waals surface area (Å²) in [4.78, 5) is 0. The first-order valence-electron chi connectivity index (χ1n) is 16.5. The van der Waals surface area contributed by atoms with E-state index < -0.39 is 0 Å². The number of nitrogens with zero attached hydrogens (tertiary/aromatic N) is 2. The largest absolute Gasteiger partial charge is 0.237 e. The molecule has 2 saturated carbocycles. The second-order valence-electron chi connectivity index (χ2n) is 12.9. The molecule has 0 aromatic carbocycles. The van der Waals surface area contributed by atoms with Crippen LogP contribution >= 0.6 is 0 Å². The topological polar surface area (TPSA) is 6.48 Å². The standard InChI is InChI=1S/C34H62N2/c1-5-21-33-28-31(27-26-29(2)3)34(30-22-17-13-9-8-10-14-18-23-30)35(4)36(33)32-24-19-15-11-6-7-12-16-20-25-32/h26,28,30,32-34H,5-25,27H2,1-4H3. The Hall–Kier alpha value is -0.600. The first-order chi connectivity index (χ1) is 17.6. The molecule has 0 N–H and O–H groups in total. The average molecular weight is 499 g/mol. The van der Waals surface area contributed by atoms with Gasteiger partial charge in [-0.2, -0.15) is 0 Å². The summed E-state index contributed by atoms with van der Waals surface area (Å²) < 4.78 is 0. The highest BCUT2D eigenvalue weighted by Gasteiger charge is 2.40. The van der Waals surface area contributed by atoms with Crippen LogP contribution in [0.2, 0.25) is 0 Å². The minimum absolute atomic E-state index is 0.589. The number of allylic oxidation sites excluding steroid dienone is 2. The molecule has 0 saturated heterocycles. The molecule has 2 aliphatic carbocycles. The summed E-state index contributed by atoms with van der Waals surface area (Å²) in [6.45, 7) is 6.96. The highest BCUT2D eigenvalue weighted by Crippen LogP contribution is 2.39. The average Bonchev–Trinajstić information content (AvgIpc) is 2.92. The fraction of sp³-hybridized carbons (Fsp3) is 0.882. The maximum Gasteiger partial charge on any atom is 0.0484 e. The zero-order valence-corrected chi connectivity index (χ0v) is 24.9. The number of hydrogen-bond donors (Lipinski definition) is 0. The number of hydrazine groups is 1. The van der Waals surface area contributed by atoms with Gasteiger partial charge in [-0.15, -0.1) is 0 Å². The van der Waals surface area contributed by atoms with E-state index in [1.807, 2.05) is 0 Å². The Balaban J connectivity index is 1.90. The van der Waals surface area contributed by atoms with Gasteiger partial charge in [0.25, 0.3) is 0 Å². The lowest BCUT2D eigenvalue weighted by atomic mass is 9.80. The van der Waals surface area contributed by atoms with Gasteiger partial charge in [-0.1, -0.05) is 133 Å². The van der Waals surface area contributed by atoms with Crippen molar-refractivity contribution in [2.24, 2.45) is 5.92 Å². The van der Waals surface area contributed by atoms with Crippen LogP contribution in [0.1, 0.15) is 162 Å². The molecule has 0 aromatic rings. The van der Waals surface area contributed by atoms with Crippen LogP contribution in [-0.4, -0.2) is 35.2 Å². The van der Waals surface area contributed by atoms with E-state index in [2.05, 4.69) is 50.0 Å². The van der Waals surface area contributed by atoms with Crippen molar-refractivity contribution in [1.29, 1.82) is 0 Å². The van der Waals surface area contributed by atoms with E-state index in [1.165, 1.54) is 140 Å². The van der Waals surface area contributed by atoms with E-state index in [9.17, 15) is 0 Å². The maximum atomic E-state index is 2.96. The molecule has 2 atom stereocenters. The summed E-state index contributed by atoms with van der Waals surface area (Å²) in [5, 5.41) is 5.80. The van der Waals surface area contributed by atoms with Gasteiger partial charge in [0.1, 0.15) is 0 Å². The quantitative estimate of drug-likeness (QED) is 0.336. The van der Waals surface area contributed by atoms with Crippen molar-refractivity contribution in [3.8, 4) is 0 Å². The van der Waals surface area contributed by atoms with Crippen LogP contribution in [0.25, 0.3) is 0 Å². The lowest BCUT2D eigenvalue weighted by Crippen LogP contribution is -2.60. The van der Waals surface area contributed by atoms with Gasteiger partial charge in [-0.3, -0.25) is 0 Å². The van der Waals surface area contributed by atoms with Crippen molar-refractivity contribution in [2.75, 3.05) is 7.05 Å². The van der Waals surface area contributed by atoms with Crippen LogP contribution < -0.4 is 0 Å². The van der Waals surface area contributed by atoms with Crippen LogP contribution in [0.15, 0.2) is 23.3 Å². The van der Waals surface area contributed by atoms with Crippen molar-refractivity contribution in [1.82, 2.24) is 10.0 Å². The van der Waals surface area contributed by atoms with Gasteiger partial charge in [0.2, 0.25) is 0 Å². The van der Waals surface area contributed by atoms with E-state index >= 15 is 0 Å². The van der Waals surface area contributed by atoms with Gasteiger partial charge in [0, 0.05) is 25.2 Å². The normalized spacial score (nSPS) is 28.2. The molecule has 3 aliphatic rings. The fourth-order valence-corrected chi connectivity index (χ4v) is 7.58. The van der Waals surface area contributed by atoms with Gasteiger partial charge in [0.15, 0.2) is 0 Å². The van der Waals surface area contributed by atoms with Crippen LogP contribution in [0.3, 0.4) is 0 Å². The molecule has 0 radical (unpaired) electrons. The fourth-order valence-electron chi connectivity index (χ4n) is 7.58. The summed E-state index contributed by atoms with van der Waals surface area (Å²) in [5.74, 6) is 0.817. The summed E-state index contributed by atoms with van der Waals surface area (Å²) in [6, 6.07) is 1.92. The number of hydrogen-bond acceptors (Lipinski definition) is 2. The highest BCUT2D eigenvalue weighted by atomic mass is 15.7. The first-order valence-corrected chi connectivity index (χ1v) is 16.5. The second kappa shape index (κ2) is 17.1. The zero-order valence-electron chi connectivity index (χ0n) is 24.9. The van der Waals surface area contributed by atoms with Crippen LogP contribution in [-0.2, 0) is 0 Å². The number of likely N-dealkylation sites (N-methyl/N-ethyl adjacent to an activating group) is 1. The molecule has 3 rings (SSSR count). The molecular weight excluding hydrogens is 436 g/mol. The SMILES string of the molecule is CCCC1C=C(CC=C(C)C)C(C2CCCCCCCCC2)N(C)N1C1CCCCCCCCCC1. The lowest BCUT2D eigenvalue weighted by Gasteiger charge is -2.52. The van der Waals surface area contributed by atoms with Crippen LogP contribution in [0, 0.1) is 5.92 Å². The predicted molar refractivity (Wildman–Crippen MR) is 159 cm³/mol. The third-order valence-electron chi connectivity index (χ3n) is 9.52. The Labute approximate surface area is 226 Å². The van der Waals surface area contributed by atoms with E-state index in [0.29, 0.717) is 12.1 Å². The second-order valence-corrected chi connectivity index (χ2v) is 12.9. The minimum atomic E-state index is 0.589. The molecule has 36 heavy (non-hydrogen) atoms. The molecular formula is C34H62N2. The van der Waals surface area contributed by atoms with E-state index in [4.69, 9.17) is 0 Å². The van der Waals surface area contributed by atoms with E-state index in [1.54, 1.807) is 5.57 Å². The van der Waals surface area contributed by atoms with Crippen molar-refractivity contribution >= 4 is 0 Å². The van der Waals surface area contributed by atoms with Crippen molar-refractivity contribution in [3.05, 3.63) is 23.3 Å².